The Labute approximate surface area is 154 Å². The van der Waals surface area contributed by atoms with Gasteiger partial charge in [-0.1, -0.05) is 42.0 Å². The molecule has 2 atom stereocenters. The summed E-state index contributed by atoms with van der Waals surface area (Å²) in [4.78, 5) is 0.786. The summed E-state index contributed by atoms with van der Waals surface area (Å²) in [6, 6.07) is 13.4. The van der Waals surface area contributed by atoms with Crippen LogP contribution in [0, 0.1) is 6.92 Å². The van der Waals surface area contributed by atoms with Crippen LogP contribution in [0.4, 0.5) is 5.69 Å². The van der Waals surface area contributed by atoms with Crippen molar-refractivity contribution in [3.63, 3.8) is 0 Å². The highest BCUT2D eigenvalue weighted by Gasteiger charge is 2.28. The Hall–Kier alpha value is -1.42. The third-order valence-corrected chi connectivity index (χ3v) is 5.36. The van der Waals surface area contributed by atoms with Crippen LogP contribution in [0.25, 0.3) is 0 Å². The third-order valence-electron chi connectivity index (χ3n) is 4.85. The van der Waals surface area contributed by atoms with E-state index in [2.05, 4.69) is 47.0 Å². The SMILES string of the molecule is CN[C@H]1CC[C@@H](c2ccc(C)c(Cl)c2)c2ccc(NC(C)=S)cc21. The van der Waals surface area contributed by atoms with Crippen LogP contribution >= 0.6 is 23.8 Å². The summed E-state index contributed by atoms with van der Waals surface area (Å²) in [7, 11) is 2.03. The number of aryl methyl sites for hydroxylation is 1. The molecule has 0 saturated heterocycles. The molecule has 2 nitrogen and oxygen atoms in total. The molecule has 2 aromatic carbocycles. The summed E-state index contributed by atoms with van der Waals surface area (Å²) in [6.45, 7) is 3.95. The first-order chi connectivity index (χ1) is 11.5. The summed E-state index contributed by atoms with van der Waals surface area (Å²) >= 11 is 11.5. The van der Waals surface area contributed by atoms with E-state index in [-0.39, 0.29) is 0 Å². The van der Waals surface area contributed by atoms with E-state index in [1.165, 1.54) is 16.7 Å². The number of benzene rings is 2. The summed E-state index contributed by atoms with van der Waals surface area (Å²) < 4.78 is 0. The zero-order valence-electron chi connectivity index (χ0n) is 14.3. The third kappa shape index (κ3) is 3.49. The van der Waals surface area contributed by atoms with Gasteiger partial charge in [0.1, 0.15) is 0 Å². The standard InChI is InChI=1S/C20H23ClN2S/c1-12-4-5-14(10-19(12)21)16-8-9-20(22-3)18-11-15(23-13(2)24)6-7-17(16)18/h4-7,10-11,16,20,22H,8-9H2,1-3H3,(H,23,24)/t16-,20-/m0/s1. The minimum atomic E-state index is 0.379. The van der Waals surface area contributed by atoms with Crippen molar-refractivity contribution in [1.82, 2.24) is 5.32 Å². The monoisotopic (exact) mass is 358 g/mol. The summed E-state index contributed by atoms with van der Waals surface area (Å²) in [5.74, 6) is 0.394. The molecule has 4 heteroatoms. The lowest BCUT2D eigenvalue weighted by atomic mass is 9.76. The largest absolute Gasteiger partial charge is 0.350 e. The molecule has 0 aromatic heterocycles. The van der Waals surface area contributed by atoms with E-state index in [0.29, 0.717) is 12.0 Å². The van der Waals surface area contributed by atoms with Gasteiger partial charge in [0.15, 0.2) is 0 Å². The minimum absolute atomic E-state index is 0.379. The molecule has 0 saturated carbocycles. The fourth-order valence-electron chi connectivity index (χ4n) is 3.59. The van der Waals surface area contributed by atoms with Gasteiger partial charge in [0.25, 0.3) is 0 Å². The lowest BCUT2D eigenvalue weighted by Gasteiger charge is -2.32. The van der Waals surface area contributed by atoms with Gasteiger partial charge in [-0.25, -0.2) is 0 Å². The summed E-state index contributed by atoms with van der Waals surface area (Å²) in [5.41, 5.74) is 6.22. The maximum Gasteiger partial charge on any atom is 0.0765 e. The minimum Gasteiger partial charge on any atom is -0.350 e. The van der Waals surface area contributed by atoms with Crippen LogP contribution < -0.4 is 10.6 Å². The first-order valence-corrected chi connectivity index (χ1v) is 9.13. The molecule has 0 fully saturated rings. The van der Waals surface area contributed by atoms with E-state index >= 15 is 0 Å². The zero-order chi connectivity index (χ0) is 17.3. The Morgan fingerprint density at radius 1 is 1.12 bits per heavy atom. The zero-order valence-corrected chi connectivity index (χ0v) is 15.9. The van der Waals surface area contributed by atoms with Gasteiger partial charge < -0.3 is 10.6 Å². The predicted octanol–water partition coefficient (Wildman–Crippen LogP) is 5.59. The Bertz CT molecular complexity index is 772. The van der Waals surface area contributed by atoms with Crippen LogP contribution in [0.1, 0.15) is 54.0 Å². The van der Waals surface area contributed by atoms with Gasteiger partial charge in [-0.05, 0) is 74.2 Å². The predicted molar refractivity (Wildman–Crippen MR) is 107 cm³/mol. The van der Waals surface area contributed by atoms with Gasteiger partial charge in [0.05, 0.1) is 4.99 Å². The van der Waals surface area contributed by atoms with Gasteiger partial charge in [-0.2, -0.15) is 0 Å². The normalized spacial score (nSPS) is 19.7. The number of halogens is 1. The molecule has 3 rings (SSSR count). The molecule has 2 aromatic rings. The summed E-state index contributed by atoms with van der Waals surface area (Å²) in [5, 5.41) is 7.55. The number of anilines is 1. The first kappa shape index (κ1) is 17.4. The molecule has 24 heavy (non-hydrogen) atoms. The average molecular weight is 359 g/mol. The van der Waals surface area contributed by atoms with Crippen LogP contribution in [0.2, 0.25) is 5.02 Å². The van der Waals surface area contributed by atoms with E-state index in [0.717, 1.165) is 34.1 Å². The molecule has 0 heterocycles. The van der Waals surface area contributed by atoms with Gasteiger partial charge in [0.2, 0.25) is 0 Å². The van der Waals surface area contributed by atoms with Crippen molar-refractivity contribution in [3.05, 3.63) is 63.7 Å². The van der Waals surface area contributed by atoms with Crippen molar-refractivity contribution in [2.24, 2.45) is 0 Å². The first-order valence-electron chi connectivity index (χ1n) is 8.34. The molecule has 0 spiro atoms. The number of thiocarbonyl (C=S) groups is 1. The lowest BCUT2D eigenvalue weighted by Crippen LogP contribution is -2.24. The highest BCUT2D eigenvalue weighted by atomic mass is 35.5. The molecular weight excluding hydrogens is 336 g/mol. The number of rotatable bonds is 3. The Morgan fingerprint density at radius 3 is 2.58 bits per heavy atom. The molecular formula is C20H23ClN2S. The second kappa shape index (κ2) is 7.22. The second-order valence-electron chi connectivity index (χ2n) is 6.50. The number of hydrogen-bond donors (Lipinski definition) is 2. The summed E-state index contributed by atoms with van der Waals surface area (Å²) in [6.07, 6.45) is 2.23. The molecule has 1 aliphatic rings. The van der Waals surface area contributed by atoms with E-state index in [4.69, 9.17) is 23.8 Å². The molecule has 2 N–H and O–H groups in total. The molecule has 0 unspecified atom stereocenters. The maximum atomic E-state index is 6.36. The van der Waals surface area contributed by atoms with Gasteiger partial charge in [-0.3, -0.25) is 0 Å². The van der Waals surface area contributed by atoms with Crippen molar-refractivity contribution < 1.29 is 0 Å². The highest BCUT2D eigenvalue weighted by Crippen LogP contribution is 2.42. The van der Waals surface area contributed by atoms with Crippen LogP contribution in [0.5, 0.6) is 0 Å². The smallest absolute Gasteiger partial charge is 0.0765 e. The Balaban J connectivity index is 2.03. The van der Waals surface area contributed by atoms with E-state index in [1.807, 2.05) is 20.9 Å². The Kier molecular flexibility index (Phi) is 5.24. The quantitative estimate of drug-likeness (QED) is 0.699. The molecule has 0 bridgehead atoms. The van der Waals surface area contributed by atoms with Crippen molar-refractivity contribution in [1.29, 1.82) is 0 Å². The van der Waals surface area contributed by atoms with Gasteiger partial charge in [-0.15, -0.1) is 0 Å². The second-order valence-corrected chi connectivity index (χ2v) is 7.52. The van der Waals surface area contributed by atoms with Crippen LogP contribution in [-0.4, -0.2) is 12.0 Å². The van der Waals surface area contributed by atoms with Crippen molar-refractivity contribution in [2.75, 3.05) is 12.4 Å². The van der Waals surface area contributed by atoms with E-state index < -0.39 is 0 Å². The molecule has 0 amide bonds. The van der Waals surface area contributed by atoms with E-state index in [9.17, 15) is 0 Å². The fourth-order valence-corrected chi connectivity index (χ4v) is 3.90. The maximum absolute atomic E-state index is 6.36. The molecule has 1 aliphatic carbocycles. The van der Waals surface area contributed by atoms with Crippen molar-refractivity contribution in [2.45, 2.75) is 38.6 Å². The number of nitrogens with one attached hydrogen (secondary N) is 2. The average Bonchev–Trinajstić information content (AvgIpc) is 2.55. The van der Waals surface area contributed by atoms with Crippen LogP contribution in [-0.2, 0) is 0 Å². The van der Waals surface area contributed by atoms with Gasteiger partial charge >= 0.3 is 0 Å². The van der Waals surface area contributed by atoms with E-state index in [1.54, 1.807) is 0 Å². The molecule has 126 valence electrons. The topological polar surface area (TPSA) is 24.1 Å². The Morgan fingerprint density at radius 2 is 1.92 bits per heavy atom. The highest BCUT2D eigenvalue weighted by molar-refractivity contribution is 7.80. The fraction of sp³-hybridized carbons (Fsp3) is 0.350. The van der Waals surface area contributed by atoms with Crippen LogP contribution in [0.3, 0.4) is 0 Å². The number of fused-ring (bicyclic) bond motifs is 1. The van der Waals surface area contributed by atoms with Crippen LogP contribution in [0.15, 0.2) is 36.4 Å². The van der Waals surface area contributed by atoms with Crippen molar-refractivity contribution >= 4 is 34.5 Å². The van der Waals surface area contributed by atoms with Crippen molar-refractivity contribution in [3.8, 4) is 0 Å². The lowest BCUT2D eigenvalue weighted by molar-refractivity contribution is 0.471. The molecule has 0 radical (unpaired) electrons. The number of hydrogen-bond acceptors (Lipinski definition) is 2. The molecule has 0 aliphatic heterocycles. The van der Waals surface area contributed by atoms with Gasteiger partial charge in [0, 0.05) is 22.7 Å².